The van der Waals surface area contributed by atoms with Gasteiger partial charge in [-0.3, -0.25) is 4.79 Å². The smallest absolute Gasteiger partial charge is 0.406 e. The Morgan fingerprint density at radius 2 is 1.91 bits per heavy atom. The second kappa shape index (κ2) is 8.16. The lowest BCUT2D eigenvalue weighted by Crippen LogP contribution is -2.63. The number of carbonyl (C=O) groups excluding carboxylic acids is 1. The predicted octanol–water partition coefficient (Wildman–Crippen LogP) is 3.78. The Balaban J connectivity index is 1.23. The van der Waals surface area contributed by atoms with Gasteiger partial charge in [0.15, 0.2) is 0 Å². The molecule has 5 rings (SSSR count). The number of rotatable bonds is 6. The van der Waals surface area contributed by atoms with Gasteiger partial charge in [-0.1, -0.05) is 6.07 Å². The number of aromatic nitrogens is 2. The molecule has 1 aromatic heterocycles. The van der Waals surface area contributed by atoms with Crippen molar-refractivity contribution in [2.45, 2.75) is 50.0 Å². The topological polar surface area (TPSA) is 70.6 Å². The number of nitrogens with zero attached hydrogens (tertiary/aromatic N) is 4. The molecule has 1 N–H and O–H groups in total. The van der Waals surface area contributed by atoms with E-state index >= 15 is 0 Å². The maximum absolute atomic E-state index is 12.9. The summed E-state index contributed by atoms with van der Waals surface area (Å²) >= 11 is 0. The molecule has 2 saturated heterocycles. The highest BCUT2D eigenvalue weighted by Crippen LogP contribution is 2.42. The molecule has 3 heterocycles. The number of nitrogens with one attached hydrogen (secondary N) is 1. The number of alkyl halides is 3. The maximum atomic E-state index is 12.9. The first-order valence-electron chi connectivity index (χ1n) is 11.2. The van der Waals surface area contributed by atoms with Crippen molar-refractivity contribution in [3.05, 3.63) is 47.3 Å². The zero-order valence-corrected chi connectivity index (χ0v) is 18.4. The molecular formula is C23H26F3N5O2. The SMILES string of the molecule is CN1CCC2(CCN2C(=O)c2cnc(NCc3cc(OC(F)(F)F)cc(C4CC4)c3)nc2)C1. The van der Waals surface area contributed by atoms with Gasteiger partial charge in [0.2, 0.25) is 5.95 Å². The molecule has 1 saturated carbocycles. The van der Waals surface area contributed by atoms with Gasteiger partial charge in [-0.2, -0.15) is 0 Å². The van der Waals surface area contributed by atoms with E-state index in [4.69, 9.17) is 0 Å². The number of hydrogen-bond acceptors (Lipinski definition) is 6. The Hall–Kier alpha value is -2.88. The van der Waals surface area contributed by atoms with Crippen molar-refractivity contribution in [1.29, 1.82) is 0 Å². The monoisotopic (exact) mass is 461 g/mol. The molecule has 176 valence electrons. The summed E-state index contributed by atoms with van der Waals surface area (Å²) < 4.78 is 42.2. The molecule has 2 aliphatic heterocycles. The van der Waals surface area contributed by atoms with Gasteiger partial charge in [0, 0.05) is 38.6 Å². The van der Waals surface area contributed by atoms with E-state index in [0.29, 0.717) is 17.1 Å². The largest absolute Gasteiger partial charge is 0.573 e. The second-order valence-electron chi connectivity index (χ2n) is 9.30. The van der Waals surface area contributed by atoms with E-state index in [-0.39, 0.29) is 29.7 Å². The lowest BCUT2D eigenvalue weighted by molar-refractivity contribution is -0.274. The van der Waals surface area contributed by atoms with E-state index in [1.807, 2.05) is 11.0 Å². The maximum Gasteiger partial charge on any atom is 0.573 e. The minimum absolute atomic E-state index is 0.0609. The van der Waals surface area contributed by atoms with Gasteiger partial charge in [-0.25, -0.2) is 9.97 Å². The number of ether oxygens (including phenoxy) is 1. The van der Waals surface area contributed by atoms with Crippen LogP contribution < -0.4 is 10.1 Å². The van der Waals surface area contributed by atoms with Crippen LogP contribution in [0.5, 0.6) is 5.75 Å². The molecule has 1 spiro atoms. The highest BCUT2D eigenvalue weighted by Gasteiger charge is 2.50. The molecule has 0 bridgehead atoms. The lowest BCUT2D eigenvalue weighted by Gasteiger charge is -2.50. The Kier molecular flexibility index (Phi) is 5.43. The van der Waals surface area contributed by atoms with Gasteiger partial charge >= 0.3 is 6.36 Å². The van der Waals surface area contributed by atoms with Gasteiger partial charge in [0.05, 0.1) is 11.1 Å². The average molecular weight is 461 g/mol. The molecule has 3 fully saturated rings. The molecule has 7 nitrogen and oxygen atoms in total. The molecule has 1 unspecified atom stereocenters. The first kappa shape index (κ1) is 21.9. The van der Waals surface area contributed by atoms with Crippen LogP contribution >= 0.6 is 0 Å². The Morgan fingerprint density at radius 3 is 2.48 bits per heavy atom. The summed E-state index contributed by atoms with van der Waals surface area (Å²) in [4.78, 5) is 25.6. The fourth-order valence-corrected chi connectivity index (χ4v) is 4.84. The van der Waals surface area contributed by atoms with Crippen molar-refractivity contribution < 1.29 is 22.7 Å². The summed E-state index contributed by atoms with van der Waals surface area (Å²) in [7, 11) is 2.07. The number of hydrogen-bond donors (Lipinski definition) is 1. The molecule has 1 atom stereocenters. The molecule has 3 aliphatic rings. The first-order chi connectivity index (χ1) is 15.7. The Bertz CT molecular complexity index is 1040. The number of amides is 1. The summed E-state index contributed by atoms with van der Waals surface area (Å²) in [5.74, 6) is 0.313. The minimum atomic E-state index is -4.73. The molecule has 2 aromatic rings. The molecule has 1 aliphatic carbocycles. The molecule has 1 amide bonds. The van der Waals surface area contributed by atoms with Gasteiger partial charge in [0.1, 0.15) is 5.75 Å². The van der Waals surface area contributed by atoms with Gasteiger partial charge < -0.3 is 19.9 Å². The summed E-state index contributed by atoms with van der Waals surface area (Å²) in [6.07, 6.45) is 2.20. The lowest BCUT2D eigenvalue weighted by atomic mass is 9.83. The van der Waals surface area contributed by atoms with Gasteiger partial charge in [-0.05, 0) is 61.9 Å². The molecule has 10 heteroatoms. The number of halogens is 3. The Morgan fingerprint density at radius 1 is 1.18 bits per heavy atom. The summed E-state index contributed by atoms with van der Waals surface area (Å²) in [6, 6.07) is 4.70. The van der Waals surface area contributed by atoms with Crippen LogP contribution in [0.3, 0.4) is 0 Å². The number of carbonyl (C=O) groups is 1. The van der Waals surface area contributed by atoms with Crippen molar-refractivity contribution in [2.24, 2.45) is 0 Å². The third-order valence-corrected chi connectivity index (χ3v) is 6.76. The van der Waals surface area contributed by atoms with E-state index in [1.54, 1.807) is 0 Å². The number of likely N-dealkylation sites (tertiary alicyclic amines) is 2. The summed E-state index contributed by atoms with van der Waals surface area (Å²) in [5.41, 5.74) is 1.86. The van der Waals surface area contributed by atoms with E-state index < -0.39 is 6.36 Å². The van der Waals surface area contributed by atoms with Gasteiger partial charge in [-0.15, -0.1) is 13.2 Å². The average Bonchev–Trinajstić information content (AvgIpc) is 3.52. The zero-order valence-electron chi connectivity index (χ0n) is 18.4. The molecular weight excluding hydrogens is 435 g/mol. The van der Waals surface area contributed by atoms with Crippen LogP contribution in [0.25, 0.3) is 0 Å². The third kappa shape index (κ3) is 4.75. The third-order valence-electron chi connectivity index (χ3n) is 6.76. The van der Waals surface area contributed by atoms with Crippen LogP contribution in [-0.2, 0) is 6.54 Å². The first-order valence-corrected chi connectivity index (χ1v) is 11.2. The summed E-state index contributed by atoms with van der Waals surface area (Å²) in [5, 5.41) is 3.02. The van der Waals surface area contributed by atoms with Crippen LogP contribution in [0.15, 0.2) is 30.6 Å². The van der Waals surface area contributed by atoms with Crippen LogP contribution in [-0.4, -0.2) is 64.3 Å². The van der Waals surface area contributed by atoms with Crippen molar-refractivity contribution in [3.8, 4) is 5.75 Å². The van der Waals surface area contributed by atoms with E-state index in [2.05, 4.69) is 32.0 Å². The van der Waals surface area contributed by atoms with Crippen LogP contribution in [0.4, 0.5) is 19.1 Å². The highest BCUT2D eigenvalue weighted by atomic mass is 19.4. The molecule has 33 heavy (non-hydrogen) atoms. The quantitative estimate of drug-likeness (QED) is 0.706. The van der Waals surface area contributed by atoms with E-state index in [9.17, 15) is 18.0 Å². The zero-order chi connectivity index (χ0) is 23.2. The van der Waals surface area contributed by atoms with Crippen molar-refractivity contribution >= 4 is 11.9 Å². The number of benzene rings is 1. The van der Waals surface area contributed by atoms with E-state index in [1.165, 1.54) is 24.5 Å². The van der Waals surface area contributed by atoms with Crippen LogP contribution in [0.1, 0.15) is 53.1 Å². The fourth-order valence-electron chi connectivity index (χ4n) is 4.84. The minimum Gasteiger partial charge on any atom is -0.406 e. The van der Waals surface area contributed by atoms with Crippen molar-refractivity contribution in [1.82, 2.24) is 19.8 Å². The van der Waals surface area contributed by atoms with Gasteiger partial charge in [0.25, 0.3) is 5.91 Å². The molecule has 1 aromatic carbocycles. The standard InChI is InChI=1S/C23H26F3N5O2/c1-30-6-4-22(14-30)5-7-31(22)20(32)18-12-28-21(29-13-18)27-11-15-8-17(16-2-3-16)10-19(9-15)33-23(24,25)26/h8-10,12-13,16H,2-7,11,14H2,1H3,(H,27,28,29). The number of likely N-dealkylation sites (N-methyl/N-ethyl adjacent to an activating group) is 1. The summed E-state index contributed by atoms with van der Waals surface area (Å²) in [6.45, 7) is 2.86. The van der Waals surface area contributed by atoms with E-state index in [0.717, 1.165) is 50.9 Å². The van der Waals surface area contributed by atoms with Crippen molar-refractivity contribution in [3.63, 3.8) is 0 Å². The highest BCUT2D eigenvalue weighted by molar-refractivity contribution is 5.95. The second-order valence-corrected chi connectivity index (χ2v) is 9.30. The van der Waals surface area contributed by atoms with Crippen LogP contribution in [0.2, 0.25) is 0 Å². The Labute approximate surface area is 189 Å². The van der Waals surface area contributed by atoms with Crippen LogP contribution in [0, 0.1) is 0 Å². The van der Waals surface area contributed by atoms with Crippen molar-refractivity contribution in [2.75, 3.05) is 32.0 Å². The predicted molar refractivity (Wildman–Crippen MR) is 115 cm³/mol. The molecule has 0 radical (unpaired) electrons. The normalized spacial score (nSPS) is 23.0. The fraction of sp³-hybridized carbons (Fsp3) is 0.522. The number of anilines is 1.